The predicted molar refractivity (Wildman–Crippen MR) is 205 cm³/mol. The summed E-state index contributed by atoms with van der Waals surface area (Å²) in [4.78, 5) is 0. The summed E-state index contributed by atoms with van der Waals surface area (Å²) >= 11 is 0. The van der Waals surface area contributed by atoms with E-state index in [1.807, 2.05) is 5.92 Å². The number of hydrogen-bond donors (Lipinski definition) is 0. The van der Waals surface area contributed by atoms with Crippen molar-refractivity contribution in [2.75, 3.05) is 0 Å². The number of hydrogen-bond acceptors (Lipinski definition) is 0. The molecule has 2 fully saturated rings. The van der Waals surface area contributed by atoms with Gasteiger partial charge in [-0.25, -0.2) is 0 Å². The van der Waals surface area contributed by atoms with Crippen molar-refractivity contribution in [1.82, 2.24) is 0 Å². The minimum absolute atomic E-state index is 0. The fraction of sp³-hybridized carbons (Fsp3) is 0.956. The molecule has 0 bridgehead atoms. The minimum Gasteiger partial charge on any atom is -0.325 e. The molecule has 0 nitrogen and oxygen atoms in total. The topological polar surface area (TPSA) is 0 Å². The van der Waals surface area contributed by atoms with Crippen molar-refractivity contribution >= 4 is 0 Å². The van der Waals surface area contributed by atoms with Gasteiger partial charge in [0.2, 0.25) is 0 Å². The van der Waals surface area contributed by atoms with Crippen molar-refractivity contribution in [1.29, 1.82) is 0 Å². The first-order valence-electron chi connectivity index (χ1n) is 21.8. The van der Waals surface area contributed by atoms with Gasteiger partial charge in [0.25, 0.3) is 0 Å². The molecule has 0 amide bonds. The summed E-state index contributed by atoms with van der Waals surface area (Å²) in [6.45, 7) is 9.70. The molecule has 2 saturated carbocycles. The zero-order valence-corrected chi connectivity index (χ0v) is 35.4. The summed E-state index contributed by atoms with van der Waals surface area (Å²) < 4.78 is 0. The van der Waals surface area contributed by atoms with Gasteiger partial charge in [-0.3, -0.25) is 0 Å². The largest absolute Gasteiger partial charge is 0.325 e. The summed E-state index contributed by atoms with van der Waals surface area (Å²) in [7, 11) is 0. The molecule has 0 heterocycles. The monoisotopic (exact) mass is 716 g/mol. The molecule has 0 aliphatic heterocycles. The Hall–Kier alpha value is 1.10. The SMILES string of the molecule is CCCCCCCCCCCCCCC[C-](CCCCCCCCCCCCCCC)C1CC(C)CCC1C1[CH-]CC(C)CC1.[Y]. The Labute approximate surface area is 318 Å². The average molecular weight is 716 g/mol. The van der Waals surface area contributed by atoms with Gasteiger partial charge in [-0.2, -0.15) is 31.1 Å². The molecule has 0 spiro atoms. The van der Waals surface area contributed by atoms with Crippen LogP contribution in [0.1, 0.15) is 246 Å². The smallest absolute Gasteiger partial charge is 0 e. The molecule has 0 aromatic rings. The molecule has 1 radical (unpaired) electrons. The Morgan fingerprint density at radius 3 is 1.20 bits per heavy atom. The van der Waals surface area contributed by atoms with Gasteiger partial charge in [-0.05, 0) is 5.92 Å². The van der Waals surface area contributed by atoms with Gasteiger partial charge < -0.3 is 12.3 Å². The van der Waals surface area contributed by atoms with Crippen LogP contribution in [0.4, 0.5) is 0 Å². The standard InChI is InChI=1S/C45H86.Y/c1-5-7-9-11-13-15-17-19-21-23-25-27-29-31-42(32-30-28-26-24-22-20-18-16-14-12-10-8-6-2)45-39-41(4)35-38-44(45)43-36-33-40(3)34-37-43;/h36,40-41,43-45H,5-35,37-39H2,1-4H3;/q-2;. The Morgan fingerprint density at radius 2 is 0.826 bits per heavy atom. The van der Waals surface area contributed by atoms with Crippen LogP contribution in [0.2, 0.25) is 0 Å². The van der Waals surface area contributed by atoms with Gasteiger partial charge in [0.15, 0.2) is 0 Å². The molecular formula is C45H86Y-2. The Kier molecular flexibility index (Phi) is 31.4. The van der Waals surface area contributed by atoms with Gasteiger partial charge in [-0.1, -0.05) is 239 Å². The fourth-order valence-electron chi connectivity index (χ4n) is 9.13. The minimum atomic E-state index is 0. The third-order valence-corrected chi connectivity index (χ3v) is 12.3. The molecule has 0 aromatic carbocycles. The molecule has 5 atom stereocenters. The molecular weight excluding hydrogens is 629 g/mol. The van der Waals surface area contributed by atoms with E-state index < -0.39 is 0 Å². The van der Waals surface area contributed by atoms with E-state index >= 15 is 0 Å². The summed E-state index contributed by atoms with van der Waals surface area (Å²) in [5.41, 5.74) is 0. The third-order valence-electron chi connectivity index (χ3n) is 12.3. The molecule has 5 unspecified atom stereocenters. The van der Waals surface area contributed by atoms with E-state index in [0.29, 0.717) is 0 Å². The maximum absolute atomic E-state index is 2.80. The normalized spacial score (nSPS) is 23.5. The van der Waals surface area contributed by atoms with E-state index in [0.717, 1.165) is 29.6 Å². The molecule has 0 N–H and O–H groups in total. The first-order valence-corrected chi connectivity index (χ1v) is 21.8. The molecule has 2 aliphatic carbocycles. The van der Waals surface area contributed by atoms with Gasteiger partial charge in [0.05, 0.1) is 0 Å². The van der Waals surface area contributed by atoms with Crippen molar-refractivity contribution in [2.24, 2.45) is 29.6 Å². The molecule has 1 heteroatoms. The summed E-state index contributed by atoms with van der Waals surface area (Å²) in [6, 6.07) is 0. The summed E-state index contributed by atoms with van der Waals surface area (Å²) in [6.07, 6.45) is 52.9. The van der Waals surface area contributed by atoms with Gasteiger partial charge in [0, 0.05) is 32.7 Å². The van der Waals surface area contributed by atoms with Crippen LogP contribution in [0.3, 0.4) is 0 Å². The van der Waals surface area contributed by atoms with Gasteiger partial charge in [-0.15, -0.1) is 0 Å². The Balaban J connectivity index is 0.0000106. The van der Waals surface area contributed by atoms with Crippen molar-refractivity contribution in [3.63, 3.8) is 0 Å². The van der Waals surface area contributed by atoms with Crippen molar-refractivity contribution < 1.29 is 32.7 Å². The second kappa shape index (κ2) is 32.0. The van der Waals surface area contributed by atoms with E-state index in [1.165, 1.54) is 218 Å². The van der Waals surface area contributed by atoms with Crippen LogP contribution < -0.4 is 0 Å². The van der Waals surface area contributed by atoms with Gasteiger partial charge in [0.1, 0.15) is 0 Å². The van der Waals surface area contributed by atoms with E-state index in [-0.39, 0.29) is 32.7 Å². The van der Waals surface area contributed by atoms with E-state index in [9.17, 15) is 0 Å². The second-order valence-electron chi connectivity index (χ2n) is 16.6. The average Bonchev–Trinajstić information content (AvgIpc) is 3.05. The maximum Gasteiger partial charge on any atom is 0 e. The zero-order valence-electron chi connectivity index (χ0n) is 32.6. The van der Waals surface area contributed by atoms with Crippen LogP contribution >= 0.6 is 0 Å². The van der Waals surface area contributed by atoms with E-state index in [1.54, 1.807) is 0 Å². The van der Waals surface area contributed by atoms with E-state index in [4.69, 9.17) is 0 Å². The van der Waals surface area contributed by atoms with Crippen molar-refractivity contribution in [3.8, 4) is 0 Å². The van der Waals surface area contributed by atoms with Crippen LogP contribution in [-0.2, 0) is 32.7 Å². The van der Waals surface area contributed by atoms with E-state index in [2.05, 4.69) is 34.1 Å². The van der Waals surface area contributed by atoms with Gasteiger partial charge >= 0.3 is 0 Å². The fourth-order valence-corrected chi connectivity index (χ4v) is 9.13. The van der Waals surface area contributed by atoms with Crippen LogP contribution in [0.5, 0.6) is 0 Å². The predicted octanol–water partition coefficient (Wildman–Crippen LogP) is 16.2. The second-order valence-corrected chi connectivity index (χ2v) is 16.6. The van der Waals surface area contributed by atoms with Crippen LogP contribution in [0.25, 0.3) is 0 Å². The summed E-state index contributed by atoms with van der Waals surface area (Å²) in [5.74, 6) is 6.77. The van der Waals surface area contributed by atoms with Crippen LogP contribution in [0.15, 0.2) is 0 Å². The molecule has 0 saturated heterocycles. The number of rotatable bonds is 30. The first-order chi connectivity index (χ1) is 22.2. The molecule has 271 valence electrons. The first kappa shape index (κ1) is 45.1. The third kappa shape index (κ3) is 22.7. The van der Waals surface area contributed by atoms with Crippen LogP contribution in [0, 0.1) is 41.9 Å². The zero-order chi connectivity index (χ0) is 32.2. The Bertz CT molecular complexity index is 576. The molecule has 2 rings (SSSR count). The quantitative estimate of drug-likeness (QED) is 0.0513. The molecule has 2 aliphatic rings. The molecule has 46 heavy (non-hydrogen) atoms. The Morgan fingerprint density at radius 1 is 0.457 bits per heavy atom. The molecule has 0 aromatic heterocycles. The van der Waals surface area contributed by atoms with Crippen molar-refractivity contribution in [2.45, 2.75) is 246 Å². The summed E-state index contributed by atoms with van der Waals surface area (Å²) in [5, 5.41) is 0. The number of unbranched alkanes of at least 4 members (excludes halogenated alkanes) is 24. The van der Waals surface area contributed by atoms with Crippen molar-refractivity contribution in [3.05, 3.63) is 12.3 Å². The maximum atomic E-state index is 2.80. The van der Waals surface area contributed by atoms with Crippen LogP contribution in [-0.4, -0.2) is 0 Å².